The Morgan fingerprint density at radius 2 is 1.71 bits per heavy atom. The molecule has 0 aromatic rings. The zero-order valence-electron chi connectivity index (χ0n) is 11.2. The standard InChI is InChI=1S/C14H26O3/c1-3-5-7-8-9-11-13-16-17-14(15)12-10-6-4-2/h8-9H,3-7,10-13H2,1-2H3/b9-8-. The Bertz CT molecular complexity index is 200. The molecule has 0 aromatic heterocycles. The second-order valence-corrected chi connectivity index (χ2v) is 4.14. The van der Waals surface area contributed by atoms with Gasteiger partial charge in [0.15, 0.2) is 0 Å². The molecule has 100 valence electrons. The zero-order valence-corrected chi connectivity index (χ0v) is 11.2. The maximum absolute atomic E-state index is 11.1. The van der Waals surface area contributed by atoms with Gasteiger partial charge in [-0.1, -0.05) is 51.7 Å². The van der Waals surface area contributed by atoms with Crippen molar-refractivity contribution in [3.8, 4) is 0 Å². The minimum absolute atomic E-state index is 0.256. The third-order valence-corrected chi connectivity index (χ3v) is 2.40. The fourth-order valence-electron chi connectivity index (χ4n) is 1.34. The van der Waals surface area contributed by atoms with E-state index in [4.69, 9.17) is 4.89 Å². The lowest BCUT2D eigenvalue weighted by atomic mass is 10.2. The first-order valence-electron chi connectivity index (χ1n) is 6.78. The highest BCUT2D eigenvalue weighted by atomic mass is 17.2. The minimum Gasteiger partial charge on any atom is -0.298 e. The summed E-state index contributed by atoms with van der Waals surface area (Å²) in [6.07, 6.45) is 12.1. The molecule has 17 heavy (non-hydrogen) atoms. The van der Waals surface area contributed by atoms with E-state index < -0.39 is 0 Å². The number of unbranched alkanes of at least 4 members (excludes halogenated alkanes) is 4. The van der Waals surface area contributed by atoms with E-state index >= 15 is 0 Å². The molecule has 3 heteroatoms. The maximum atomic E-state index is 11.1. The van der Waals surface area contributed by atoms with E-state index in [0.717, 1.165) is 32.1 Å². The summed E-state index contributed by atoms with van der Waals surface area (Å²) in [5.41, 5.74) is 0. The Morgan fingerprint density at radius 3 is 2.41 bits per heavy atom. The van der Waals surface area contributed by atoms with Crippen LogP contribution >= 0.6 is 0 Å². The van der Waals surface area contributed by atoms with Crippen LogP contribution in [0.15, 0.2) is 12.2 Å². The highest BCUT2D eigenvalue weighted by molar-refractivity contribution is 5.68. The van der Waals surface area contributed by atoms with Crippen molar-refractivity contribution >= 4 is 5.97 Å². The smallest absolute Gasteiger partial charge is 0.298 e. The van der Waals surface area contributed by atoms with Crippen LogP contribution in [-0.2, 0) is 14.6 Å². The second kappa shape index (κ2) is 13.2. The SMILES string of the molecule is CCCC/C=C\CCOOC(=O)CCCCC. The number of hydrogen-bond acceptors (Lipinski definition) is 3. The Hall–Kier alpha value is -0.830. The van der Waals surface area contributed by atoms with Crippen molar-refractivity contribution in [2.75, 3.05) is 6.61 Å². The molecule has 0 fully saturated rings. The Balaban J connectivity index is 3.21. The molecule has 0 spiro atoms. The molecule has 0 aliphatic carbocycles. The van der Waals surface area contributed by atoms with Crippen LogP contribution in [0.4, 0.5) is 0 Å². The lowest BCUT2D eigenvalue weighted by molar-refractivity contribution is -0.271. The zero-order chi connectivity index (χ0) is 12.8. The maximum Gasteiger partial charge on any atom is 0.342 e. The molecule has 3 nitrogen and oxygen atoms in total. The van der Waals surface area contributed by atoms with Crippen LogP contribution in [0.25, 0.3) is 0 Å². The highest BCUT2D eigenvalue weighted by Gasteiger charge is 2.02. The summed E-state index contributed by atoms with van der Waals surface area (Å²) in [5, 5.41) is 0. The van der Waals surface area contributed by atoms with Gasteiger partial charge in [0.2, 0.25) is 0 Å². The molecule has 0 saturated heterocycles. The van der Waals surface area contributed by atoms with Gasteiger partial charge in [0.1, 0.15) is 0 Å². The normalized spacial score (nSPS) is 10.9. The van der Waals surface area contributed by atoms with Crippen molar-refractivity contribution in [2.45, 2.75) is 65.2 Å². The molecule has 0 amide bonds. The highest BCUT2D eigenvalue weighted by Crippen LogP contribution is 2.01. The molecule has 0 rings (SSSR count). The molecule has 0 bridgehead atoms. The number of hydrogen-bond donors (Lipinski definition) is 0. The van der Waals surface area contributed by atoms with Crippen LogP contribution in [0.2, 0.25) is 0 Å². The van der Waals surface area contributed by atoms with Crippen LogP contribution < -0.4 is 0 Å². The van der Waals surface area contributed by atoms with Gasteiger partial charge < -0.3 is 0 Å². The summed E-state index contributed by atoms with van der Waals surface area (Å²) in [7, 11) is 0. The Labute approximate surface area is 105 Å². The quantitative estimate of drug-likeness (QED) is 0.236. The van der Waals surface area contributed by atoms with Crippen LogP contribution in [0.5, 0.6) is 0 Å². The van der Waals surface area contributed by atoms with Gasteiger partial charge in [0, 0.05) is 6.42 Å². The van der Waals surface area contributed by atoms with Crippen molar-refractivity contribution in [1.29, 1.82) is 0 Å². The third-order valence-electron chi connectivity index (χ3n) is 2.40. The van der Waals surface area contributed by atoms with E-state index in [2.05, 4.69) is 30.9 Å². The van der Waals surface area contributed by atoms with Crippen LogP contribution in [0, 0.1) is 0 Å². The second-order valence-electron chi connectivity index (χ2n) is 4.14. The Kier molecular flexibility index (Phi) is 12.6. The molecule has 0 saturated carbocycles. The molecule has 0 unspecified atom stereocenters. The lowest BCUT2D eigenvalue weighted by Gasteiger charge is -2.01. The molecule has 0 aliphatic rings. The average molecular weight is 242 g/mol. The van der Waals surface area contributed by atoms with Crippen molar-refractivity contribution in [3.63, 3.8) is 0 Å². The van der Waals surface area contributed by atoms with Crippen molar-refractivity contribution in [2.24, 2.45) is 0 Å². The van der Waals surface area contributed by atoms with Crippen LogP contribution in [-0.4, -0.2) is 12.6 Å². The number of carbonyl (C=O) groups is 1. The predicted molar refractivity (Wildman–Crippen MR) is 69.5 cm³/mol. The van der Waals surface area contributed by atoms with Crippen LogP contribution in [0.1, 0.15) is 65.2 Å². The summed E-state index contributed by atoms with van der Waals surface area (Å²) in [5.74, 6) is -0.256. The fourth-order valence-corrected chi connectivity index (χ4v) is 1.34. The molecule has 0 aromatic carbocycles. The molecular weight excluding hydrogens is 216 g/mol. The van der Waals surface area contributed by atoms with Gasteiger partial charge in [-0.15, -0.1) is 0 Å². The summed E-state index contributed by atoms with van der Waals surface area (Å²) >= 11 is 0. The van der Waals surface area contributed by atoms with E-state index in [-0.39, 0.29) is 5.97 Å². The minimum atomic E-state index is -0.256. The monoisotopic (exact) mass is 242 g/mol. The Morgan fingerprint density at radius 1 is 1.00 bits per heavy atom. The molecule has 0 aliphatic heterocycles. The van der Waals surface area contributed by atoms with E-state index in [0.29, 0.717) is 13.0 Å². The number of rotatable bonds is 11. The van der Waals surface area contributed by atoms with Crippen molar-refractivity contribution in [3.05, 3.63) is 12.2 Å². The van der Waals surface area contributed by atoms with Crippen molar-refractivity contribution < 1.29 is 14.6 Å². The summed E-state index contributed by atoms with van der Waals surface area (Å²) in [6, 6.07) is 0. The molecular formula is C14H26O3. The lowest BCUT2D eigenvalue weighted by Crippen LogP contribution is -2.05. The third kappa shape index (κ3) is 13.1. The predicted octanol–water partition coefficient (Wildman–Crippen LogP) is 4.18. The molecule has 0 heterocycles. The molecule has 0 radical (unpaired) electrons. The first kappa shape index (κ1) is 16.2. The summed E-state index contributed by atoms with van der Waals surface area (Å²) in [4.78, 5) is 20.6. The average Bonchev–Trinajstić information content (AvgIpc) is 2.33. The number of carbonyl (C=O) groups excluding carboxylic acids is 1. The van der Waals surface area contributed by atoms with Gasteiger partial charge >= 0.3 is 5.97 Å². The van der Waals surface area contributed by atoms with Gasteiger partial charge in [-0.25, -0.2) is 4.79 Å². The van der Waals surface area contributed by atoms with E-state index in [1.54, 1.807) is 0 Å². The van der Waals surface area contributed by atoms with Gasteiger partial charge in [-0.05, 0) is 19.3 Å². The van der Waals surface area contributed by atoms with E-state index in [1.807, 2.05) is 0 Å². The molecule has 0 atom stereocenters. The summed E-state index contributed by atoms with van der Waals surface area (Å²) < 4.78 is 0. The van der Waals surface area contributed by atoms with E-state index in [1.165, 1.54) is 12.8 Å². The van der Waals surface area contributed by atoms with E-state index in [9.17, 15) is 4.79 Å². The van der Waals surface area contributed by atoms with Gasteiger partial charge in [0.05, 0.1) is 6.61 Å². The van der Waals surface area contributed by atoms with Crippen molar-refractivity contribution in [1.82, 2.24) is 0 Å². The largest absolute Gasteiger partial charge is 0.342 e. The number of allylic oxidation sites excluding steroid dienone is 1. The van der Waals surface area contributed by atoms with Crippen LogP contribution in [0.3, 0.4) is 0 Å². The first-order chi connectivity index (χ1) is 8.31. The van der Waals surface area contributed by atoms with Gasteiger partial charge in [-0.2, -0.15) is 4.89 Å². The summed E-state index contributed by atoms with van der Waals surface area (Å²) in [6.45, 7) is 4.73. The molecule has 0 N–H and O–H groups in total. The first-order valence-corrected chi connectivity index (χ1v) is 6.78. The topological polar surface area (TPSA) is 35.5 Å². The van der Waals surface area contributed by atoms with Gasteiger partial charge in [-0.3, -0.25) is 4.89 Å². The fraction of sp³-hybridized carbons (Fsp3) is 0.786. The van der Waals surface area contributed by atoms with Gasteiger partial charge in [0.25, 0.3) is 0 Å².